The van der Waals surface area contributed by atoms with E-state index >= 15 is 0 Å². The van der Waals surface area contributed by atoms with Gasteiger partial charge in [-0.1, -0.05) is 12.1 Å². The average molecular weight is 308 g/mol. The number of anilines is 2. The molecule has 0 unspecified atom stereocenters. The maximum Gasteiger partial charge on any atom is 0.236 e. The van der Waals surface area contributed by atoms with Crippen LogP contribution in [0.25, 0.3) is 0 Å². The number of sulfonamides is 1. The molecule has 20 heavy (non-hydrogen) atoms. The molecule has 0 heterocycles. The highest BCUT2D eigenvalue weighted by Crippen LogP contribution is 2.19. The summed E-state index contributed by atoms with van der Waals surface area (Å²) in [6.45, 7) is 0. The van der Waals surface area contributed by atoms with Crippen LogP contribution in [0.4, 0.5) is 11.4 Å². The molecule has 0 radical (unpaired) electrons. The van der Waals surface area contributed by atoms with E-state index in [1.54, 1.807) is 48.2 Å². The van der Waals surface area contributed by atoms with Crippen LogP contribution in [0.1, 0.15) is 5.56 Å². The molecule has 0 saturated heterocycles. The summed E-state index contributed by atoms with van der Waals surface area (Å²) < 4.78 is 26.7. The fourth-order valence-electron chi connectivity index (χ4n) is 1.78. The van der Waals surface area contributed by atoms with Crippen molar-refractivity contribution < 1.29 is 8.42 Å². The molecule has 0 bridgehead atoms. The van der Waals surface area contributed by atoms with Crippen molar-refractivity contribution in [2.45, 2.75) is 10.6 Å². The highest BCUT2D eigenvalue weighted by Gasteiger charge is 2.11. The van der Waals surface area contributed by atoms with Gasteiger partial charge in [-0.2, -0.15) is 0 Å². The maximum absolute atomic E-state index is 12.1. The molecule has 4 nitrogen and oxygen atoms in total. The first-order valence-corrected chi connectivity index (χ1v) is 8.85. The summed E-state index contributed by atoms with van der Waals surface area (Å²) in [5, 5.41) is 0. The second-order valence-electron chi connectivity index (χ2n) is 4.33. The SMILES string of the molecule is CSc1ccc(NS(=O)(=O)Cc2cccc(N)c2)cc1. The van der Waals surface area contributed by atoms with E-state index in [1.807, 2.05) is 18.4 Å². The van der Waals surface area contributed by atoms with E-state index in [-0.39, 0.29) is 5.75 Å². The van der Waals surface area contributed by atoms with Crippen molar-refractivity contribution in [3.05, 3.63) is 54.1 Å². The van der Waals surface area contributed by atoms with Crippen molar-refractivity contribution in [2.75, 3.05) is 16.7 Å². The summed E-state index contributed by atoms with van der Waals surface area (Å²) in [4.78, 5) is 1.09. The van der Waals surface area contributed by atoms with E-state index in [0.717, 1.165) is 4.90 Å². The van der Waals surface area contributed by atoms with Gasteiger partial charge in [0.1, 0.15) is 0 Å². The third-order valence-corrected chi connectivity index (χ3v) is 4.67. The second-order valence-corrected chi connectivity index (χ2v) is 6.94. The lowest BCUT2D eigenvalue weighted by Gasteiger charge is -2.09. The van der Waals surface area contributed by atoms with Crippen molar-refractivity contribution in [1.82, 2.24) is 0 Å². The fourth-order valence-corrected chi connectivity index (χ4v) is 3.37. The monoisotopic (exact) mass is 308 g/mol. The Kier molecular flexibility index (Phi) is 4.57. The summed E-state index contributed by atoms with van der Waals surface area (Å²) >= 11 is 1.61. The van der Waals surface area contributed by atoms with Crippen LogP contribution in [0.5, 0.6) is 0 Å². The zero-order chi connectivity index (χ0) is 14.6. The Hall–Kier alpha value is -1.66. The summed E-state index contributed by atoms with van der Waals surface area (Å²) in [5.41, 5.74) is 7.43. The number of nitrogens with one attached hydrogen (secondary N) is 1. The van der Waals surface area contributed by atoms with E-state index in [2.05, 4.69) is 4.72 Å². The first kappa shape index (κ1) is 14.7. The number of hydrogen-bond donors (Lipinski definition) is 2. The normalized spacial score (nSPS) is 11.2. The van der Waals surface area contributed by atoms with E-state index in [1.165, 1.54) is 0 Å². The standard InChI is InChI=1S/C14H16N2O2S2/c1-19-14-7-5-13(6-8-14)16-20(17,18)10-11-3-2-4-12(15)9-11/h2-9,16H,10,15H2,1H3. The van der Waals surface area contributed by atoms with E-state index in [0.29, 0.717) is 16.9 Å². The Morgan fingerprint density at radius 2 is 1.85 bits per heavy atom. The largest absolute Gasteiger partial charge is 0.399 e. The molecule has 0 aliphatic rings. The smallest absolute Gasteiger partial charge is 0.236 e. The Morgan fingerprint density at radius 3 is 2.45 bits per heavy atom. The zero-order valence-corrected chi connectivity index (χ0v) is 12.7. The Balaban J connectivity index is 2.10. The summed E-state index contributed by atoms with van der Waals surface area (Å²) in [6.07, 6.45) is 1.97. The van der Waals surface area contributed by atoms with Crippen molar-refractivity contribution in [1.29, 1.82) is 0 Å². The van der Waals surface area contributed by atoms with Crippen LogP contribution < -0.4 is 10.5 Å². The minimum absolute atomic E-state index is 0.0949. The van der Waals surface area contributed by atoms with E-state index in [4.69, 9.17) is 5.73 Å². The number of nitrogen functional groups attached to an aromatic ring is 1. The number of benzene rings is 2. The fraction of sp³-hybridized carbons (Fsp3) is 0.143. The minimum atomic E-state index is -3.44. The first-order chi connectivity index (χ1) is 9.48. The van der Waals surface area contributed by atoms with Crippen LogP contribution in [0.2, 0.25) is 0 Å². The molecule has 0 atom stereocenters. The van der Waals surface area contributed by atoms with Crippen LogP contribution in [-0.4, -0.2) is 14.7 Å². The van der Waals surface area contributed by atoms with Gasteiger partial charge in [-0.15, -0.1) is 11.8 Å². The first-order valence-electron chi connectivity index (χ1n) is 5.97. The molecular formula is C14H16N2O2S2. The molecule has 0 amide bonds. The predicted octanol–water partition coefficient (Wildman–Crippen LogP) is 2.93. The summed E-state index contributed by atoms with van der Waals surface area (Å²) in [6, 6.07) is 14.1. The van der Waals surface area contributed by atoms with Gasteiger partial charge in [0.2, 0.25) is 10.0 Å². The molecule has 0 aliphatic carbocycles. The Morgan fingerprint density at radius 1 is 1.15 bits per heavy atom. The van der Waals surface area contributed by atoms with Gasteiger partial charge in [0.05, 0.1) is 5.75 Å². The van der Waals surface area contributed by atoms with E-state index in [9.17, 15) is 8.42 Å². The van der Waals surface area contributed by atoms with Crippen LogP contribution in [0.3, 0.4) is 0 Å². The third kappa shape index (κ3) is 4.18. The Bertz CT molecular complexity index is 683. The van der Waals surface area contributed by atoms with Crippen LogP contribution >= 0.6 is 11.8 Å². The van der Waals surface area contributed by atoms with Gasteiger partial charge in [0.25, 0.3) is 0 Å². The van der Waals surface area contributed by atoms with Crippen LogP contribution in [0.15, 0.2) is 53.4 Å². The number of thioether (sulfide) groups is 1. The molecule has 3 N–H and O–H groups in total. The molecule has 0 aromatic heterocycles. The molecule has 0 aliphatic heterocycles. The molecule has 2 aromatic rings. The van der Waals surface area contributed by atoms with Gasteiger partial charge in [-0.25, -0.2) is 8.42 Å². The number of hydrogen-bond acceptors (Lipinski definition) is 4. The highest BCUT2D eigenvalue weighted by molar-refractivity contribution is 7.98. The molecule has 0 saturated carbocycles. The molecule has 2 aromatic carbocycles. The van der Waals surface area contributed by atoms with Crippen LogP contribution in [0, 0.1) is 0 Å². The second kappa shape index (κ2) is 6.19. The lowest BCUT2D eigenvalue weighted by atomic mass is 10.2. The molecule has 0 fully saturated rings. The van der Waals surface area contributed by atoms with Gasteiger partial charge in [-0.05, 0) is 48.2 Å². The van der Waals surface area contributed by atoms with Crippen molar-refractivity contribution in [3.63, 3.8) is 0 Å². The van der Waals surface area contributed by atoms with Gasteiger partial charge in [0.15, 0.2) is 0 Å². The Labute approximate surface area is 123 Å². The summed E-state index contributed by atoms with van der Waals surface area (Å²) in [5.74, 6) is -0.0949. The lowest BCUT2D eigenvalue weighted by Crippen LogP contribution is -2.15. The van der Waals surface area contributed by atoms with Crippen molar-refractivity contribution in [2.24, 2.45) is 0 Å². The van der Waals surface area contributed by atoms with E-state index < -0.39 is 10.0 Å². The van der Waals surface area contributed by atoms with Crippen molar-refractivity contribution >= 4 is 33.2 Å². The van der Waals surface area contributed by atoms with Gasteiger partial charge in [-0.3, -0.25) is 4.72 Å². The molecule has 2 rings (SSSR count). The molecule has 0 spiro atoms. The van der Waals surface area contributed by atoms with Gasteiger partial charge < -0.3 is 5.73 Å². The number of rotatable bonds is 5. The van der Waals surface area contributed by atoms with Crippen LogP contribution in [-0.2, 0) is 15.8 Å². The summed E-state index contributed by atoms with van der Waals surface area (Å²) in [7, 11) is -3.44. The molecule has 106 valence electrons. The third-order valence-electron chi connectivity index (χ3n) is 2.67. The van der Waals surface area contributed by atoms with Crippen molar-refractivity contribution in [3.8, 4) is 0 Å². The zero-order valence-electron chi connectivity index (χ0n) is 11.0. The maximum atomic E-state index is 12.1. The molecule has 6 heteroatoms. The quantitative estimate of drug-likeness (QED) is 0.658. The minimum Gasteiger partial charge on any atom is -0.399 e. The lowest BCUT2D eigenvalue weighted by molar-refractivity contribution is 0.600. The topological polar surface area (TPSA) is 72.2 Å². The highest BCUT2D eigenvalue weighted by atomic mass is 32.2. The predicted molar refractivity (Wildman–Crippen MR) is 85.3 cm³/mol. The van der Waals surface area contributed by atoms with Gasteiger partial charge >= 0.3 is 0 Å². The van der Waals surface area contributed by atoms with Gasteiger partial charge in [0, 0.05) is 16.3 Å². The molecular weight excluding hydrogens is 292 g/mol. The number of nitrogens with two attached hydrogens (primary N) is 1. The average Bonchev–Trinajstić information content (AvgIpc) is 2.38.